The van der Waals surface area contributed by atoms with E-state index in [9.17, 15) is 13.2 Å². The number of carbonyl (C=O) groups excluding carboxylic acids is 1. The third-order valence-corrected chi connectivity index (χ3v) is 6.21. The standard InChI is InChI=1S/C22H28N2O4S/c1-15(16-10-12-17(13-11-16)22(2,3)4)23-21(25)20-14-24(29(5,26)27)18-8-6-7-9-19(18)28-20/h6-13,15,20H,14H2,1-5H3,(H,23,25)/t15-,20-/m0/s1. The minimum atomic E-state index is -3.53. The number of rotatable bonds is 4. The lowest BCUT2D eigenvalue weighted by molar-refractivity contribution is -0.128. The summed E-state index contributed by atoms with van der Waals surface area (Å²) < 4.78 is 31.4. The highest BCUT2D eigenvalue weighted by Crippen LogP contribution is 2.34. The summed E-state index contributed by atoms with van der Waals surface area (Å²) in [7, 11) is -3.53. The summed E-state index contributed by atoms with van der Waals surface area (Å²) in [6, 6.07) is 14.7. The Morgan fingerprint density at radius 1 is 1.14 bits per heavy atom. The first-order valence-electron chi connectivity index (χ1n) is 9.61. The van der Waals surface area contributed by atoms with Crippen LogP contribution in [0.1, 0.15) is 44.9 Å². The van der Waals surface area contributed by atoms with E-state index in [4.69, 9.17) is 4.74 Å². The Labute approximate surface area is 172 Å². The summed E-state index contributed by atoms with van der Waals surface area (Å²) in [5.41, 5.74) is 2.70. The third kappa shape index (κ3) is 4.72. The van der Waals surface area contributed by atoms with E-state index in [1.165, 1.54) is 9.87 Å². The largest absolute Gasteiger partial charge is 0.476 e. The summed E-state index contributed by atoms with van der Waals surface area (Å²) >= 11 is 0. The highest BCUT2D eigenvalue weighted by atomic mass is 32.2. The summed E-state index contributed by atoms with van der Waals surface area (Å²) in [5, 5.41) is 2.94. The Bertz CT molecular complexity index is 994. The molecule has 2 atom stereocenters. The molecule has 2 aromatic carbocycles. The van der Waals surface area contributed by atoms with E-state index in [1.807, 2.05) is 19.1 Å². The van der Waals surface area contributed by atoms with Gasteiger partial charge in [-0.25, -0.2) is 8.42 Å². The molecule has 0 aromatic heterocycles. The summed E-state index contributed by atoms with van der Waals surface area (Å²) in [5.74, 6) is 0.0343. The van der Waals surface area contributed by atoms with Crippen LogP contribution in [0.15, 0.2) is 48.5 Å². The average Bonchev–Trinajstić information content (AvgIpc) is 2.65. The number of hydrogen-bond donors (Lipinski definition) is 1. The molecule has 0 radical (unpaired) electrons. The molecule has 2 aromatic rings. The molecule has 156 valence electrons. The van der Waals surface area contributed by atoms with Gasteiger partial charge in [0.2, 0.25) is 10.0 Å². The number of carbonyl (C=O) groups is 1. The SMILES string of the molecule is C[C@H](NC(=O)[C@@H]1CN(S(C)(=O)=O)c2ccccc2O1)c1ccc(C(C)(C)C)cc1. The van der Waals surface area contributed by atoms with Crippen molar-refractivity contribution >= 4 is 21.6 Å². The monoisotopic (exact) mass is 416 g/mol. The van der Waals surface area contributed by atoms with Gasteiger partial charge in [0.15, 0.2) is 6.10 Å². The Morgan fingerprint density at radius 3 is 2.34 bits per heavy atom. The Morgan fingerprint density at radius 2 is 1.76 bits per heavy atom. The van der Waals surface area contributed by atoms with Gasteiger partial charge in [-0.3, -0.25) is 9.10 Å². The molecule has 1 heterocycles. The van der Waals surface area contributed by atoms with Crippen molar-refractivity contribution in [3.63, 3.8) is 0 Å². The molecule has 1 aliphatic heterocycles. The molecule has 1 N–H and O–H groups in total. The lowest BCUT2D eigenvalue weighted by atomic mass is 9.86. The fourth-order valence-electron chi connectivity index (χ4n) is 3.31. The molecular formula is C22H28N2O4S. The number of ether oxygens (including phenoxy) is 1. The molecule has 1 aliphatic rings. The van der Waals surface area contributed by atoms with Crippen LogP contribution < -0.4 is 14.4 Å². The number of hydrogen-bond acceptors (Lipinski definition) is 4. The predicted molar refractivity (Wildman–Crippen MR) is 115 cm³/mol. The van der Waals surface area contributed by atoms with Crippen LogP contribution in [-0.4, -0.2) is 33.2 Å². The van der Waals surface area contributed by atoms with E-state index in [-0.39, 0.29) is 23.9 Å². The van der Waals surface area contributed by atoms with Gasteiger partial charge in [-0.1, -0.05) is 57.2 Å². The average molecular weight is 417 g/mol. The molecule has 0 unspecified atom stereocenters. The third-order valence-electron chi connectivity index (χ3n) is 5.06. The van der Waals surface area contributed by atoms with Crippen molar-refractivity contribution in [1.82, 2.24) is 5.32 Å². The van der Waals surface area contributed by atoms with E-state index in [2.05, 4.69) is 38.2 Å². The predicted octanol–water partition coefficient (Wildman–Crippen LogP) is 3.39. The van der Waals surface area contributed by atoms with Gasteiger partial charge in [-0.2, -0.15) is 0 Å². The fourth-order valence-corrected chi connectivity index (χ4v) is 4.23. The normalized spacial score (nSPS) is 17.8. The van der Waals surface area contributed by atoms with Gasteiger partial charge in [-0.05, 0) is 35.6 Å². The first-order valence-corrected chi connectivity index (χ1v) is 11.5. The van der Waals surface area contributed by atoms with Crippen molar-refractivity contribution in [3.05, 3.63) is 59.7 Å². The molecule has 0 saturated heterocycles. The van der Waals surface area contributed by atoms with Crippen molar-refractivity contribution in [1.29, 1.82) is 0 Å². The van der Waals surface area contributed by atoms with Crippen LogP contribution in [0.5, 0.6) is 5.75 Å². The van der Waals surface area contributed by atoms with Crippen molar-refractivity contribution < 1.29 is 17.9 Å². The smallest absolute Gasteiger partial charge is 0.263 e. The van der Waals surface area contributed by atoms with Gasteiger partial charge in [0.1, 0.15) is 5.75 Å². The van der Waals surface area contributed by atoms with Gasteiger partial charge in [0, 0.05) is 0 Å². The summed E-state index contributed by atoms with van der Waals surface area (Å²) in [4.78, 5) is 12.8. The number of amides is 1. The van der Waals surface area contributed by atoms with Gasteiger partial charge >= 0.3 is 0 Å². The number of para-hydroxylation sites is 2. The number of nitrogens with zero attached hydrogens (tertiary/aromatic N) is 1. The molecule has 7 heteroatoms. The maximum Gasteiger partial charge on any atom is 0.263 e. The number of sulfonamides is 1. The number of nitrogens with one attached hydrogen (secondary N) is 1. The van der Waals surface area contributed by atoms with E-state index in [1.54, 1.807) is 24.3 Å². The van der Waals surface area contributed by atoms with Gasteiger partial charge in [0.25, 0.3) is 5.91 Å². The molecule has 29 heavy (non-hydrogen) atoms. The zero-order chi connectivity index (χ0) is 21.4. The van der Waals surface area contributed by atoms with Crippen molar-refractivity contribution in [3.8, 4) is 5.75 Å². The number of fused-ring (bicyclic) bond motifs is 1. The second-order valence-electron chi connectivity index (χ2n) is 8.47. The highest BCUT2D eigenvalue weighted by molar-refractivity contribution is 7.92. The molecule has 0 saturated carbocycles. The number of benzene rings is 2. The van der Waals surface area contributed by atoms with Crippen LogP contribution in [0.2, 0.25) is 0 Å². The minimum Gasteiger partial charge on any atom is -0.476 e. The molecule has 6 nitrogen and oxygen atoms in total. The van der Waals surface area contributed by atoms with Crippen molar-refractivity contribution in [2.24, 2.45) is 0 Å². The molecule has 0 aliphatic carbocycles. The van der Waals surface area contributed by atoms with Crippen LogP contribution in [0, 0.1) is 0 Å². The van der Waals surface area contributed by atoms with Crippen LogP contribution >= 0.6 is 0 Å². The fraction of sp³-hybridized carbons (Fsp3) is 0.409. The summed E-state index contributed by atoms with van der Waals surface area (Å²) in [6.45, 7) is 8.30. The molecule has 3 rings (SSSR count). The zero-order valence-electron chi connectivity index (χ0n) is 17.5. The Kier molecular flexibility index (Phi) is 5.63. The molecular weight excluding hydrogens is 388 g/mol. The quantitative estimate of drug-likeness (QED) is 0.829. The zero-order valence-corrected chi connectivity index (χ0v) is 18.3. The minimum absolute atomic E-state index is 0.0582. The topological polar surface area (TPSA) is 75.7 Å². The van der Waals surface area contributed by atoms with Gasteiger partial charge < -0.3 is 10.1 Å². The first kappa shape index (κ1) is 21.2. The lowest BCUT2D eigenvalue weighted by Gasteiger charge is -2.34. The molecule has 1 amide bonds. The van der Waals surface area contributed by atoms with E-state index in [0.717, 1.165) is 11.8 Å². The van der Waals surface area contributed by atoms with E-state index < -0.39 is 16.1 Å². The van der Waals surface area contributed by atoms with Crippen molar-refractivity contribution in [2.75, 3.05) is 17.1 Å². The van der Waals surface area contributed by atoms with Crippen LogP contribution in [-0.2, 0) is 20.2 Å². The molecule has 0 bridgehead atoms. The Hall–Kier alpha value is -2.54. The summed E-state index contributed by atoms with van der Waals surface area (Å²) in [6.07, 6.45) is 0.208. The number of anilines is 1. The van der Waals surface area contributed by atoms with Crippen LogP contribution in [0.4, 0.5) is 5.69 Å². The van der Waals surface area contributed by atoms with Crippen LogP contribution in [0.3, 0.4) is 0 Å². The highest BCUT2D eigenvalue weighted by Gasteiger charge is 2.35. The molecule has 0 fully saturated rings. The van der Waals surface area contributed by atoms with E-state index >= 15 is 0 Å². The second kappa shape index (κ2) is 7.71. The van der Waals surface area contributed by atoms with Gasteiger partial charge in [-0.15, -0.1) is 0 Å². The van der Waals surface area contributed by atoms with Crippen LogP contribution in [0.25, 0.3) is 0 Å². The maximum atomic E-state index is 12.8. The Balaban J connectivity index is 1.75. The second-order valence-corrected chi connectivity index (χ2v) is 10.4. The molecule has 0 spiro atoms. The van der Waals surface area contributed by atoms with Crippen molar-refractivity contribution in [2.45, 2.75) is 45.3 Å². The van der Waals surface area contributed by atoms with Gasteiger partial charge in [0.05, 0.1) is 24.5 Å². The maximum absolute atomic E-state index is 12.8. The van der Waals surface area contributed by atoms with E-state index in [0.29, 0.717) is 11.4 Å². The first-order chi connectivity index (χ1) is 13.5. The lowest BCUT2D eigenvalue weighted by Crippen LogP contribution is -2.50.